The maximum atomic E-state index is 12.2. The molecule has 0 bridgehead atoms. The molecule has 2 rings (SSSR count). The van der Waals surface area contributed by atoms with Gasteiger partial charge in [0.2, 0.25) is 5.91 Å². The van der Waals surface area contributed by atoms with Gasteiger partial charge in [-0.15, -0.1) is 0 Å². The van der Waals surface area contributed by atoms with Crippen molar-refractivity contribution in [2.75, 3.05) is 0 Å². The van der Waals surface area contributed by atoms with Crippen molar-refractivity contribution in [1.82, 2.24) is 14.9 Å². The van der Waals surface area contributed by atoms with Crippen LogP contribution in [0.25, 0.3) is 11.0 Å². The van der Waals surface area contributed by atoms with E-state index in [1.807, 2.05) is 49.6 Å². The van der Waals surface area contributed by atoms with E-state index in [9.17, 15) is 9.59 Å². The van der Waals surface area contributed by atoms with Gasteiger partial charge in [0.15, 0.2) is 0 Å². The van der Waals surface area contributed by atoms with Crippen molar-refractivity contribution in [2.24, 2.45) is 5.92 Å². The number of nitrogens with one attached hydrogen (secondary N) is 1. The van der Waals surface area contributed by atoms with Crippen molar-refractivity contribution in [3.63, 3.8) is 0 Å². The van der Waals surface area contributed by atoms with Crippen LogP contribution in [0.2, 0.25) is 0 Å². The van der Waals surface area contributed by atoms with Crippen LogP contribution in [-0.4, -0.2) is 32.6 Å². The van der Waals surface area contributed by atoms with Crippen molar-refractivity contribution < 1.29 is 14.7 Å². The van der Waals surface area contributed by atoms with E-state index in [1.54, 1.807) is 0 Å². The number of fused-ring (bicyclic) bond motifs is 1. The molecule has 6 nitrogen and oxygen atoms in total. The molecule has 0 radical (unpaired) electrons. The number of imidazole rings is 1. The molecule has 0 spiro atoms. The van der Waals surface area contributed by atoms with Gasteiger partial charge in [-0.25, -0.2) is 4.98 Å². The molecule has 130 valence electrons. The molecule has 0 aliphatic carbocycles. The third kappa shape index (κ3) is 4.81. The number of hydrogen-bond donors (Lipinski definition) is 2. The van der Waals surface area contributed by atoms with Gasteiger partial charge in [-0.2, -0.15) is 0 Å². The Morgan fingerprint density at radius 2 is 2.00 bits per heavy atom. The SMILES string of the molecule is Cc1nc2ccccc2n1CCC(=O)N[C@@H](CC(=O)O)CC(C)C. The molecule has 1 aromatic carbocycles. The minimum absolute atomic E-state index is 0.0447. The van der Waals surface area contributed by atoms with Gasteiger partial charge in [0, 0.05) is 19.0 Å². The number of amides is 1. The first-order valence-electron chi connectivity index (χ1n) is 8.30. The number of carboxylic acids is 1. The highest BCUT2D eigenvalue weighted by molar-refractivity contribution is 5.78. The Morgan fingerprint density at radius 1 is 1.29 bits per heavy atom. The van der Waals surface area contributed by atoms with Gasteiger partial charge in [0.05, 0.1) is 17.5 Å². The molecular weight excluding hydrogens is 306 g/mol. The Bertz CT molecular complexity index is 721. The third-order valence-electron chi connectivity index (χ3n) is 3.95. The molecule has 2 aromatic rings. The zero-order valence-electron chi connectivity index (χ0n) is 14.5. The molecule has 1 aromatic heterocycles. The zero-order chi connectivity index (χ0) is 17.7. The summed E-state index contributed by atoms with van der Waals surface area (Å²) in [5.41, 5.74) is 1.92. The number of hydrogen-bond acceptors (Lipinski definition) is 3. The highest BCUT2D eigenvalue weighted by atomic mass is 16.4. The molecular formula is C18H25N3O3. The van der Waals surface area contributed by atoms with Crippen LogP contribution in [-0.2, 0) is 16.1 Å². The van der Waals surface area contributed by atoms with E-state index in [0.717, 1.165) is 16.9 Å². The Balaban J connectivity index is 1.98. The number of carboxylic acid groups (broad SMARTS) is 1. The molecule has 0 fully saturated rings. The van der Waals surface area contributed by atoms with Crippen LogP contribution >= 0.6 is 0 Å². The number of aromatic nitrogens is 2. The van der Waals surface area contributed by atoms with E-state index in [1.165, 1.54) is 0 Å². The fraction of sp³-hybridized carbons (Fsp3) is 0.500. The van der Waals surface area contributed by atoms with Gasteiger partial charge in [0.25, 0.3) is 0 Å². The van der Waals surface area contributed by atoms with Crippen LogP contribution in [0, 0.1) is 12.8 Å². The van der Waals surface area contributed by atoms with E-state index >= 15 is 0 Å². The minimum atomic E-state index is -0.891. The molecule has 0 saturated heterocycles. The lowest BCUT2D eigenvalue weighted by atomic mass is 10.0. The molecule has 0 unspecified atom stereocenters. The standard InChI is InChI=1S/C18H25N3O3/c1-12(2)10-14(11-18(23)24)20-17(22)8-9-21-13(3)19-15-6-4-5-7-16(15)21/h4-7,12,14H,8-11H2,1-3H3,(H,20,22)(H,23,24)/t14-/m1/s1. The molecule has 6 heteroatoms. The second-order valence-corrected chi connectivity index (χ2v) is 6.54. The van der Waals surface area contributed by atoms with Gasteiger partial charge in [-0.1, -0.05) is 26.0 Å². The number of nitrogens with zero attached hydrogens (tertiary/aromatic N) is 2. The average Bonchev–Trinajstić information content (AvgIpc) is 2.79. The molecule has 0 aliphatic heterocycles. The number of para-hydroxylation sites is 2. The van der Waals surface area contributed by atoms with Crippen LogP contribution < -0.4 is 5.32 Å². The Labute approximate surface area is 141 Å². The van der Waals surface area contributed by atoms with Crippen molar-refractivity contribution in [3.05, 3.63) is 30.1 Å². The normalized spacial score (nSPS) is 12.5. The summed E-state index contributed by atoms with van der Waals surface area (Å²) in [5.74, 6) is 0.180. The lowest BCUT2D eigenvalue weighted by Crippen LogP contribution is -2.37. The Hall–Kier alpha value is -2.37. The van der Waals surface area contributed by atoms with Crippen LogP contribution in [0.15, 0.2) is 24.3 Å². The number of aryl methyl sites for hydroxylation is 2. The molecule has 2 N–H and O–H groups in total. The molecule has 1 atom stereocenters. The fourth-order valence-electron chi connectivity index (χ4n) is 2.96. The maximum absolute atomic E-state index is 12.2. The smallest absolute Gasteiger partial charge is 0.305 e. The van der Waals surface area contributed by atoms with E-state index < -0.39 is 5.97 Å². The molecule has 0 saturated carbocycles. The Morgan fingerprint density at radius 3 is 2.67 bits per heavy atom. The first-order chi connectivity index (χ1) is 11.4. The minimum Gasteiger partial charge on any atom is -0.481 e. The topological polar surface area (TPSA) is 84.2 Å². The van der Waals surface area contributed by atoms with E-state index in [-0.39, 0.29) is 18.4 Å². The summed E-state index contributed by atoms with van der Waals surface area (Å²) in [7, 11) is 0. The van der Waals surface area contributed by atoms with Gasteiger partial charge in [-0.05, 0) is 31.4 Å². The summed E-state index contributed by atoms with van der Waals surface area (Å²) in [5, 5.41) is 11.8. The van der Waals surface area contributed by atoms with Gasteiger partial charge < -0.3 is 15.0 Å². The number of carbonyl (C=O) groups is 2. The monoisotopic (exact) mass is 331 g/mol. The summed E-state index contributed by atoms with van der Waals surface area (Å²) < 4.78 is 2.02. The first-order valence-corrected chi connectivity index (χ1v) is 8.30. The number of carbonyl (C=O) groups excluding carboxylic acids is 1. The van der Waals surface area contributed by atoms with Gasteiger partial charge in [0.1, 0.15) is 5.82 Å². The first kappa shape index (κ1) is 18.0. The zero-order valence-corrected chi connectivity index (χ0v) is 14.5. The number of rotatable bonds is 8. The molecule has 24 heavy (non-hydrogen) atoms. The van der Waals surface area contributed by atoms with Gasteiger partial charge in [-0.3, -0.25) is 9.59 Å². The Kier molecular flexibility index (Phi) is 5.95. The number of aliphatic carboxylic acids is 1. The van der Waals surface area contributed by atoms with E-state index in [2.05, 4.69) is 10.3 Å². The highest BCUT2D eigenvalue weighted by Gasteiger charge is 2.17. The lowest BCUT2D eigenvalue weighted by molar-refractivity contribution is -0.137. The van der Waals surface area contributed by atoms with Crippen molar-refractivity contribution in [2.45, 2.75) is 52.6 Å². The predicted molar refractivity (Wildman–Crippen MR) is 92.7 cm³/mol. The molecule has 1 amide bonds. The second kappa shape index (κ2) is 7.95. The predicted octanol–water partition coefficient (Wildman–Crippen LogP) is 2.74. The van der Waals surface area contributed by atoms with Crippen molar-refractivity contribution in [1.29, 1.82) is 0 Å². The van der Waals surface area contributed by atoms with E-state index in [4.69, 9.17) is 5.11 Å². The van der Waals surface area contributed by atoms with Crippen molar-refractivity contribution >= 4 is 22.9 Å². The highest BCUT2D eigenvalue weighted by Crippen LogP contribution is 2.16. The van der Waals surface area contributed by atoms with Crippen LogP contribution in [0.5, 0.6) is 0 Å². The quantitative estimate of drug-likeness (QED) is 0.779. The lowest BCUT2D eigenvalue weighted by Gasteiger charge is -2.19. The number of benzene rings is 1. The largest absolute Gasteiger partial charge is 0.481 e. The van der Waals surface area contributed by atoms with Crippen LogP contribution in [0.4, 0.5) is 0 Å². The molecule has 0 aliphatic rings. The summed E-state index contributed by atoms with van der Waals surface area (Å²) in [6.07, 6.45) is 0.914. The van der Waals surface area contributed by atoms with Crippen LogP contribution in [0.1, 0.15) is 38.9 Å². The fourth-order valence-corrected chi connectivity index (χ4v) is 2.96. The summed E-state index contributed by atoms with van der Waals surface area (Å²) in [6, 6.07) is 7.50. The van der Waals surface area contributed by atoms with Crippen LogP contribution in [0.3, 0.4) is 0 Å². The second-order valence-electron chi connectivity index (χ2n) is 6.54. The molecule has 1 heterocycles. The van der Waals surface area contributed by atoms with Crippen molar-refractivity contribution in [3.8, 4) is 0 Å². The van der Waals surface area contributed by atoms with E-state index in [0.29, 0.717) is 25.3 Å². The summed E-state index contributed by atoms with van der Waals surface area (Å²) in [6.45, 7) is 6.48. The van der Waals surface area contributed by atoms with Gasteiger partial charge >= 0.3 is 5.97 Å². The summed E-state index contributed by atoms with van der Waals surface area (Å²) >= 11 is 0. The maximum Gasteiger partial charge on any atom is 0.305 e. The third-order valence-corrected chi connectivity index (χ3v) is 3.95. The average molecular weight is 331 g/mol. The summed E-state index contributed by atoms with van der Waals surface area (Å²) in [4.78, 5) is 27.7.